The summed E-state index contributed by atoms with van der Waals surface area (Å²) in [6.07, 6.45) is 2.70. The van der Waals surface area contributed by atoms with Gasteiger partial charge in [-0.1, -0.05) is 6.07 Å². The summed E-state index contributed by atoms with van der Waals surface area (Å²) in [5.41, 5.74) is 1.25. The first-order valence-electron chi connectivity index (χ1n) is 7.99. The standard InChI is InChI=1S/C17H20N2O4/c20-15-7-3-9-19(15)14-6-1-4-12(10-14)16(21)18-8-2-5-13(11-18)17(22)23/h1,4,6,10,13H,2-3,5,7-9,11H2,(H,22,23)/t13-/m0/s1. The van der Waals surface area contributed by atoms with Crippen LogP contribution >= 0.6 is 0 Å². The summed E-state index contributed by atoms with van der Waals surface area (Å²) in [5, 5.41) is 9.14. The number of rotatable bonds is 3. The van der Waals surface area contributed by atoms with Crippen LogP contribution in [0.2, 0.25) is 0 Å². The molecule has 2 fully saturated rings. The van der Waals surface area contributed by atoms with Crippen LogP contribution < -0.4 is 4.90 Å². The highest BCUT2D eigenvalue weighted by Gasteiger charge is 2.29. The van der Waals surface area contributed by atoms with Gasteiger partial charge in [0.1, 0.15) is 0 Å². The van der Waals surface area contributed by atoms with Crippen LogP contribution in [0.4, 0.5) is 5.69 Å². The molecule has 2 aliphatic heterocycles. The van der Waals surface area contributed by atoms with E-state index >= 15 is 0 Å². The summed E-state index contributed by atoms with van der Waals surface area (Å²) in [7, 11) is 0. The van der Waals surface area contributed by atoms with E-state index in [0.717, 1.165) is 12.1 Å². The quantitative estimate of drug-likeness (QED) is 0.921. The van der Waals surface area contributed by atoms with E-state index in [-0.39, 0.29) is 18.4 Å². The van der Waals surface area contributed by atoms with Crippen LogP contribution in [-0.2, 0) is 9.59 Å². The van der Waals surface area contributed by atoms with E-state index in [1.165, 1.54) is 0 Å². The second-order valence-electron chi connectivity index (χ2n) is 6.13. The summed E-state index contributed by atoms with van der Waals surface area (Å²) in [5.74, 6) is -1.42. The molecule has 2 heterocycles. The second kappa shape index (κ2) is 6.40. The molecule has 1 aromatic carbocycles. The normalized spacial score (nSPS) is 21.6. The largest absolute Gasteiger partial charge is 0.481 e. The molecule has 3 rings (SSSR count). The van der Waals surface area contributed by atoms with E-state index in [1.807, 2.05) is 6.07 Å². The minimum absolute atomic E-state index is 0.0820. The minimum atomic E-state index is -0.848. The lowest BCUT2D eigenvalue weighted by Crippen LogP contribution is -2.42. The van der Waals surface area contributed by atoms with Crippen LogP contribution in [0.15, 0.2) is 24.3 Å². The van der Waals surface area contributed by atoms with Crippen molar-refractivity contribution in [3.05, 3.63) is 29.8 Å². The molecule has 0 aromatic heterocycles. The van der Waals surface area contributed by atoms with Gasteiger partial charge in [-0.05, 0) is 37.5 Å². The monoisotopic (exact) mass is 316 g/mol. The molecule has 1 aromatic rings. The van der Waals surface area contributed by atoms with Gasteiger partial charge in [0.05, 0.1) is 5.92 Å². The Hall–Kier alpha value is -2.37. The summed E-state index contributed by atoms with van der Waals surface area (Å²) in [6, 6.07) is 7.05. The van der Waals surface area contributed by atoms with Crippen molar-refractivity contribution in [2.75, 3.05) is 24.5 Å². The summed E-state index contributed by atoms with van der Waals surface area (Å²) in [4.78, 5) is 38.9. The first kappa shape index (κ1) is 15.5. The van der Waals surface area contributed by atoms with Crippen LogP contribution in [0.5, 0.6) is 0 Å². The lowest BCUT2D eigenvalue weighted by molar-refractivity contribution is -0.143. The SMILES string of the molecule is O=C(O)[C@H]1CCCN(C(=O)c2cccc(N3CCCC3=O)c2)C1. The van der Waals surface area contributed by atoms with E-state index in [0.29, 0.717) is 37.9 Å². The van der Waals surface area contributed by atoms with Gasteiger partial charge in [0, 0.05) is 37.3 Å². The fourth-order valence-electron chi connectivity index (χ4n) is 3.27. The third-order valence-corrected chi connectivity index (χ3v) is 4.54. The van der Waals surface area contributed by atoms with Crippen molar-refractivity contribution in [3.8, 4) is 0 Å². The molecule has 0 unspecified atom stereocenters. The Bertz CT molecular complexity index is 643. The summed E-state index contributed by atoms with van der Waals surface area (Å²) < 4.78 is 0. The Morgan fingerprint density at radius 1 is 1.17 bits per heavy atom. The number of likely N-dealkylation sites (tertiary alicyclic amines) is 1. The minimum Gasteiger partial charge on any atom is -0.481 e. The Morgan fingerprint density at radius 2 is 2.00 bits per heavy atom. The zero-order chi connectivity index (χ0) is 16.4. The number of hydrogen-bond donors (Lipinski definition) is 1. The third-order valence-electron chi connectivity index (χ3n) is 4.54. The van der Waals surface area contributed by atoms with Gasteiger partial charge in [0.2, 0.25) is 5.91 Å². The van der Waals surface area contributed by atoms with Gasteiger partial charge in [0.25, 0.3) is 5.91 Å². The highest BCUT2D eigenvalue weighted by molar-refractivity contribution is 5.99. The van der Waals surface area contributed by atoms with Gasteiger partial charge in [-0.2, -0.15) is 0 Å². The molecule has 2 amide bonds. The smallest absolute Gasteiger partial charge is 0.308 e. The highest BCUT2D eigenvalue weighted by Crippen LogP contribution is 2.24. The molecule has 0 bridgehead atoms. The van der Waals surface area contributed by atoms with Crippen molar-refractivity contribution in [3.63, 3.8) is 0 Å². The van der Waals surface area contributed by atoms with E-state index in [4.69, 9.17) is 5.11 Å². The molecule has 1 atom stereocenters. The maximum atomic E-state index is 12.6. The molecule has 0 saturated carbocycles. The van der Waals surface area contributed by atoms with Gasteiger partial charge in [-0.25, -0.2) is 0 Å². The molecule has 1 N–H and O–H groups in total. The zero-order valence-corrected chi connectivity index (χ0v) is 12.9. The average Bonchev–Trinajstić information content (AvgIpc) is 3.00. The maximum Gasteiger partial charge on any atom is 0.308 e. The van der Waals surface area contributed by atoms with Gasteiger partial charge < -0.3 is 14.9 Å². The van der Waals surface area contributed by atoms with Crippen LogP contribution in [0.3, 0.4) is 0 Å². The first-order chi connectivity index (χ1) is 11.1. The third kappa shape index (κ3) is 3.21. The molecule has 0 spiro atoms. The topological polar surface area (TPSA) is 77.9 Å². The number of carbonyl (C=O) groups excluding carboxylic acids is 2. The molecular weight excluding hydrogens is 296 g/mol. The molecule has 6 heteroatoms. The molecular formula is C17H20N2O4. The fourth-order valence-corrected chi connectivity index (χ4v) is 3.27. The molecule has 122 valence electrons. The lowest BCUT2D eigenvalue weighted by Gasteiger charge is -2.31. The summed E-state index contributed by atoms with van der Waals surface area (Å²) in [6.45, 7) is 1.51. The molecule has 6 nitrogen and oxygen atoms in total. The number of hydrogen-bond acceptors (Lipinski definition) is 3. The maximum absolute atomic E-state index is 12.6. The number of nitrogens with zero attached hydrogens (tertiary/aromatic N) is 2. The zero-order valence-electron chi connectivity index (χ0n) is 12.9. The number of carboxylic acids is 1. The second-order valence-corrected chi connectivity index (χ2v) is 6.13. The highest BCUT2D eigenvalue weighted by atomic mass is 16.4. The van der Waals surface area contributed by atoms with Crippen molar-refractivity contribution < 1.29 is 19.5 Å². The Balaban J connectivity index is 1.77. The predicted molar refractivity (Wildman–Crippen MR) is 84.3 cm³/mol. The van der Waals surface area contributed by atoms with Crippen molar-refractivity contribution >= 4 is 23.5 Å². The van der Waals surface area contributed by atoms with E-state index < -0.39 is 11.9 Å². The van der Waals surface area contributed by atoms with Crippen molar-refractivity contribution in [2.24, 2.45) is 5.92 Å². The number of amides is 2. The van der Waals surface area contributed by atoms with Crippen molar-refractivity contribution in [1.82, 2.24) is 4.90 Å². The van der Waals surface area contributed by atoms with E-state index in [1.54, 1.807) is 28.0 Å². The first-order valence-corrected chi connectivity index (χ1v) is 7.99. The number of carbonyl (C=O) groups is 3. The Labute approximate surface area is 134 Å². The van der Waals surface area contributed by atoms with Crippen LogP contribution in [0, 0.1) is 5.92 Å². The van der Waals surface area contributed by atoms with Crippen LogP contribution in [0.1, 0.15) is 36.0 Å². The van der Waals surface area contributed by atoms with Gasteiger partial charge >= 0.3 is 5.97 Å². The molecule has 2 saturated heterocycles. The van der Waals surface area contributed by atoms with Crippen LogP contribution in [-0.4, -0.2) is 47.4 Å². The molecule has 0 aliphatic carbocycles. The summed E-state index contributed by atoms with van der Waals surface area (Å²) >= 11 is 0. The van der Waals surface area contributed by atoms with Gasteiger partial charge in [-0.15, -0.1) is 0 Å². The number of benzene rings is 1. The van der Waals surface area contributed by atoms with Crippen LogP contribution in [0.25, 0.3) is 0 Å². The Kier molecular flexibility index (Phi) is 4.32. The Morgan fingerprint density at radius 3 is 2.70 bits per heavy atom. The van der Waals surface area contributed by atoms with Crippen molar-refractivity contribution in [2.45, 2.75) is 25.7 Å². The number of carboxylic acid groups (broad SMARTS) is 1. The fraction of sp³-hybridized carbons (Fsp3) is 0.471. The molecule has 23 heavy (non-hydrogen) atoms. The lowest BCUT2D eigenvalue weighted by atomic mass is 9.97. The number of aliphatic carboxylic acids is 1. The van der Waals surface area contributed by atoms with Gasteiger partial charge in [0.15, 0.2) is 0 Å². The molecule has 0 radical (unpaired) electrons. The number of piperidine rings is 1. The average molecular weight is 316 g/mol. The number of anilines is 1. The van der Waals surface area contributed by atoms with E-state index in [2.05, 4.69) is 0 Å². The molecule has 2 aliphatic rings. The predicted octanol–water partition coefficient (Wildman–Crippen LogP) is 1.75. The van der Waals surface area contributed by atoms with Crippen molar-refractivity contribution in [1.29, 1.82) is 0 Å². The van der Waals surface area contributed by atoms with E-state index in [9.17, 15) is 14.4 Å². The van der Waals surface area contributed by atoms with Gasteiger partial charge in [-0.3, -0.25) is 14.4 Å².